The summed E-state index contributed by atoms with van der Waals surface area (Å²) in [5.74, 6) is -0.874. The molecule has 0 radical (unpaired) electrons. The first-order valence-corrected chi connectivity index (χ1v) is 10.3. The van der Waals surface area contributed by atoms with E-state index in [1.54, 1.807) is 18.2 Å². The Morgan fingerprint density at radius 1 is 0.676 bits per heavy atom. The molecule has 34 heavy (non-hydrogen) atoms. The maximum absolute atomic E-state index is 12.4. The molecule has 0 aliphatic carbocycles. The van der Waals surface area contributed by atoms with Gasteiger partial charge in [0.05, 0.1) is 5.56 Å². The average Bonchev–Trinajstić information content (AvgIpc) is 2.88. The maximum Gasteiger partial charge on any atom is 0.343 e. The molecule has 0 aliphatic heterocycles. The lowest BCUT2D eigenvalue weighted by molar-refractivity contribution is -0.136. The summed E-state index contributed by atoms with van der Waals surface area (Å²) < 4.78 is 15.3. The lowest BCUT2D eigenvalue weighted by Crippen LogP contribution is -2.08. The summed E-state index contributed by atoms with van der Waals surface area (Å²) in [5.41, 5.74) is 3.30. The number of hydrogen-bond acceptors (Lipinski definition) is 6. The number of esters is 3. The van der Waals surface area contributed by atoms with Crippen molar-refractivity contribution < 1.29 is 28.6 Å². The fourth-order valence-electron chi connectivity index (χ4n) is 2.86. The quantitative estimate of drug-likeness (QED) is 0.245. The lowest BCUT2D eigenvalue weighted by atomic mass is 10.0. The fraction of sp³-hybridized carbons (Fsp3) is 0.0357. The van der Waals surface area contributed by atoms with Crippen molar-refractivity contribution in [3.63, 3.8) is 0 Å². The molecule has 0 unspecified atom stereocenters. The first-order valence-electron chi connectivity index (χ1n) is 10.3. The zero-order chi connectivity index (χ0) is 24.3. The average molecular weight is 454 g/mol. The molecular weight excluding hydrogens is 432 g/mol. The molecule has 0 saturated carbocycles. The molecule has 0 N–H and O–H groups in total. The normalized spacial score (nSPS) is 10.4. The molecule has 0 fully saturated rings. The molecule has 0 atom stereocenters. The van der Waals surface area contributed by atoms with Gasteiger partial charge in [0.25, 0.3) is 0 Å². The van der Waals surface area contributed by atoms with E-state index in [-0.39, 0.29) is 6.61 Å². The molecule has 0 aliphatic rings. The topological polar surface area (TPSA) is 78.9 Å². The zero-order valence-electron chi connectivity index (χ0n) is 18.3. The summed E-state index contributed by atoms with van der Waals surface area (Å²) >= 11 is 0. The zero-order valence-corrected chi connectivity index (χ0v) is 18.3. The SMILES string of the molecule is C=CC(=O)OCC=Cc1ccc(-c2ccc(C(=O)Oc3ccc(OC(=O)C=C)cc3)cc2)cc1. The van der Waals surface area contributed by atoms with E-state index in [2.05, 4.69) is 13.2 Å². The molecule has 3 aromatic carbocycles. The van der Waals surface area contributed by atoms with Crippen molar-refractivity contribution in [3.05, 3.63) is 115 Å². The van der Waals surface area contributed by atoms with E-state index >= 15 is 0 Å². The van der Waals surface area contributed by atoms with Crippen LogP contribution in [0.5, 0.6) is 11.5 Å². The summed E-state index contributed by atoms with van der Waals surface area (Å²) in [6.45, 7) is 6.85. The van der Waals surface area contributed by atoms with E-state index in [9.17, 15) is 14.4 Å². The molecule has 0 bridgehead atoms. The molecular formula is C28H22O6. The van der Waals surface area contributed by atoms with E-state index < -0.39 is 17.9 Å². The van der Waals surface area contributed by atoms with E-state index in [4.69, 9.17) is 14.2 Å². The van der Waals surface area contributed by atoms with E-state index in [1.807, 2.05) is 42.5 Å². The second-order valence-electron chi connectivity index (χ2n) is 6.92. The van der Waals surface area contributed by atoms with Crippen LogP contribution >= 0.6 is 0 Å². The van der Waals surface area contributed by atoms with Gasteiger partial charge in [0.2, 0.25) is 0 Å². The molecule has 0 saturated heterocycles. The van der Waals surface area contributed by atoms with Crippen LogP contribution in [0.25, 0.3) is 17.2 Å². The third-order valence-corrected chi connectivity index (χ3v) is 4.58. The first kappa shape index (κ1) is 23.9. The Balaban J connectivity index is 1.57. The second kappa shape index (κ2) is 11.8. The van der Waals surface area contributed by atoms with E-state index in [0.29, 0.717) is 17.1 Å². The number of ether oxygens (including phenoxy) is 3. The van der Waals surface area contributed by atoms with Crippen LogP contribution in [0.1, 0.15) is 15.9 Å². The molecule has 6 nitrogen and oxygen atoms in total. The van der Waals surface area contributed by atoms with Crippen molar-refractivity contribution in [1.82, 2.24) is 0 Å². The van der Waals surface area contributed by atoms with Gasteiger partial charge in [-0.3, -0.25) is 0 Å². The van der Waals surface area contributed by atoms with Crippen LogP contribution in [0.2, 0.25) is 0 Å². The summed E-state index contributed by atoms with van der Waals surface area (Å²) in [7, 11) is 0. The predicted molar refractivity (Wildman–Crippen MR) is 129 cm³/mol. The highest BCUT2D eigenvalue weighted by Crippen LogP contribution is 2.22. The van der Waals surface area contributed by atoms with Gasteiger partial charge in [-0.05, 0) is 59.2 Å². The van der Waals surface area contributed by atoms with Crippen LogP contribution in [0.15, 0.2) is 104 Å². The Kier molecular flexibility index (Phi) is 8.30. The van der Waals surface area contributed by atoms with Crippen molar-refractivity contribution in [2.24, 2.45) is 0 Å². The molecule has 6 heteroatoms. The van der Waals surface area contributed by atoms with Crippen LogP contribution in [-0.4, -0.2) is 24.5 Å². The molecule has 170 valence electrons. The molecule has 0 spiro atoms. The highest BCUT2D eigenvalue weighted by atomic mass is 16.5. The molecule has 3 rings (SSSR count). The Labute approximate surface area is 197 Å². The Hall–Kier alpha value is -4.71. The Morgan fingerprint density at radius 3 is 1.76 bits per heavy atom. The third-order valence-electron chi connectivity index (χ3n) is 4.58. The smallest absolute Gasteiger partial charge is 0.343 e. The molecule has 0 amide bonds. The maximum atomic E-state index is 12.4. The number of carbonyl (C=O) groups is 3. The van der Waals surface area contributed by atoms with Gasteiger partial charge in [-0.25, -0.2) is 14.4 Å². The number of hydrogen-bond donors (Lipinski definition) is 0. The van der Waals surface area contributed by atoms with Gasteiger partial charge in [0.15, 0.2) is 0 Å². The van der Waals surface area contributed by atoms with Gasteiger partial charge in [-0.1, -0.05) is 55.6 Å². The third kappa shape index (κ3) is 6.90. The van der Waals surface area contributed by atoms with Crippen molar-refractivity contribution >= 4 is 24.0 Å². The van der Waals surface area contributed by atoms with Crippen molar-refractivity contribution in [2.75, 3.05) is 6.61 Å². The van der Waals surface area contributed by atoms with Crippen LogP contribution in [0.4, 0.5) is 0 Å². The van der Waals surface area contributed by atoms with E-state index in [0.717, 1.165) is 28.8 Å². The second-order valence-corrected chi connectivity index (χ2v) is 6.92. The van der Waals surface area contributed by atoms with Gasteiger partial charge in [-0.2, -0.15) is 0 Å². The monoisotopic (exact) mass is 454 g/mol. The molecule has 0 aromatic heterocycles. The predicted octanol–water partition coefficient (Wildman–Crippen LogP) is 5.41. The summed E-state index contributed by atoms with van der Waals surface area (Å²) in [4.78, 5) is 34.7. The van der Waals surface area contributed by atoms with Crippen LogP contribution in [-0.2, 0) is 14.3 Å². The molecule has 0 heterocycles. The largest absolute Gasteiger partial charge is 0.458 e. The van der Waals surface area contributed by atoms with Crippen molar-refractivity contribution in [2.45, 2.75) is 0 Å². The first-order chi connectivity index (χ1) is 16.5. The van der Waals surface area contributed by atoms with Gasteiger partial charge in [0, 0.05) is 12.2 Å². The van der Waals surface area contributed by atoms with Crippen molar-refractivity contribution in [3.8, 4) is 22.6 Å². The highest BCUT2D eigenvalue weighted by Gasteiger charge is 2.10. The van der Waals surface area contributed by atoms with Crippen LogP contribution < -0.4 is 9.47 Å². The van der Waals surface area contributed by atoms with Gasteiger partial charge < -0.3 is 14.2 Å². The fourth-order valence-corrected chi connectivity index (χ4v) is 2.86. The van der Waals surface area contributed by atoms with E-state index in [1.165, 1.54) is 24.3 Å². The molecule has 3 aromatic rings. The number of benzene rings is 3. The standard InChI is InChI=1S/C28H22O6/c1-3-26(29)32-19-5-6-20-7-9-21(10-8-20)22-11-13-23(14-12-22)28(31)34-25-17-15-24(16-18-25)33-27(30)4-2/h3-18H,1-2,19H2. The lowest BCUT2D eigenvalue weighted by Gasteiger charge is -2.07. The van der Waals surface area contributed by atoms with Crippen molar-refractivity contribution in [1.29, 1.82) is 0 Å². The summed E-state index contributed by atoms with van der Waals surface area (Å²) in [6, 6.07) is 21.0. The Bertz CT molecular complexity index is 1200. The minimum absolute atomic E-state index is 0.178. The van der Waals surface area contributed by atoms with Gasteiger partial charge in [-0.15, -0.1) is 0 Å². The minimum Gasteiger partial charge on any atom is -0.458 e. The highest BCUT2D eigenvalue weighted by molar-refractivity contribution is 5.91. The minimum atomic E-state index is -0.567. The van der Waals surface area contributed by atoms with Crippen LogP contribution in [0, 0.1) is 0 Å². The Morgan fingerprint density at radius 2 is 1.21 bits per heavy atom. The van der Waals surface area contributed by atoms with Gasteiger partial charge in [0.1, 0.15) is 18.1 Å². The summed E-state index contributed by atoms with van der Waals surface area (Å²) in [6.07, 6.45) is 5.79. The van der Waals surface area contributed by atoms with Gasteiger partial charge >= 0.3 is 17.9 Å². The summed E-state index contributed by atoms with van der Waals surface area (Å²) in [5, 5.41) is 0. The number of rotatable bonds is 9. The van der Waals surface area contributed by atoms with Crippen LogP contribution in [0.3, 0.4) is 0 Å². The number of carbonyl (C=O) groups excluding carboxylic acids is 3.